The van der Waals surface area contributed by atoms with Crippen LogP contribution in [0.1, 0.15) is 25.0 Å². The Morgan fingerprint density at radius 1 is 1.24 bits per heavy atom. The highest BCUT2D eigenvalue weighted by Gasteiger charge is 2.16. The third kappa shape index (κ3) is 5.74. The minimum atomic E-state index is -3.45. The normalized spacial score (nSPS) is 12.0. The van der Waals surface area contributed by atoms with Crippen molar-refractivity contribution >= 4 is 10.0 Å². The molecule has 0 aliphatic rings. The molecule has 5 nitrogen and oxygen atoms in total. The van der Waals surface area contributed by atoms with Crippen molar-refractivity contribution in [3.63, 3.8) is 0 Å². The molecule has 1 aromatic carbocycles. The van der Waals surface area contributed by atoms with Gasteiger partial charge in [-0.05, 0) is 44.3 Å². The van der Waals surface area contributed by atoms with Crippen LogP contribution < -0.4 is 10.0 Å². The average molecular weight is 313 g/mol. The lowest BCUT2D eigenvalue weighted by Gasteiger charge is -2.15. The standard InChI is InChI=1S/C15H27N3O2S/c1-5-16-12-14-8-7-13(3)15(11-14)21(19,20)17-9-10-18(4)6-2/h7-8,11,16-17H,5-6,9-10,12H2,1-4H3. The van der Waals surface area contributed by atoms with Gasteiger partial charge in [-0.2, -0.15) is 0 Å². The van der Waals surface area contributed by atoms with Crippen molar-refractivity contribution in [2.45, 2.75) is 32.2 Å². The fraction of sp³-hybridized carbons (Fsp3) is 0.600. The fourth-order valence-electron chi connectivity index (χ4n) is 1.92. The quantitative estimate of drug-likeness (QED) is 0.722. The van der Waals surface area contributed by atoms with Crippen molar-refractivity contribution in [2.75, 3.05) is 33.2 Å². The highest BCUT2D eigenvalue weighted by molar-refractivity contribution is 7.89. The van der Waals surface area contributed by atoms with Crippen LogP contribution in [0, 0.1) is 6.92 Å². The number of benzene rings is 1. The van der Waals surface area contributed by atoms with Gasteiger partial charge in [0.25, 0.3) is 0 Å². The predicted octanol–water partition coefficient (Wildman–Crippen LogP) is 1.33. The van der Waals surface area contributed by atoms with Crippen molar-refractivity contribution in [2.24, 2.45) is 0 Å². The molecule has 1 rings (SSSR count). The summed E-state index contributed by atoms with van der Waals surface area (Å²) in [4.78, 5) is 2.44. The number of aryl methyl sites for hydroxylation is 1. The topological polar surface area (TPSA) is 61.4 Å². The molecule has 0 spiro atoms. The molecule has 0 saturated heterocycles. The lowest BCUT2D eigenvalue weighted by atomic mass is 10.1. The van der Waals surface area contributed by atoms with E-state index in [1.165, 1.54) is 0 Å². The molecule has 0 aliphatic heterocycles. The zero-order chi connectivity index (χ0) is 15.9. The van der Waals surface area contributed by atoms with Gasteiger partial charge in [-0.15, -0.1) is 0 Å². The second-order valence-corrected chi connectivity index (χ2v) is 6.91. The van der Waals surface area contributed by atoms with Crippen LogP contribution in [-0.2, 0) is 16.6 Å². The van der Waals surface area contributed by atoms with E-state index in [9.17, 15) is 8.42 Å². The van der Waals surface area contributed by atoms with Gasteiger partial charge in [0, 0.05) is 19.6 Å². The highest BCUT2D eigenvalue weighted by atomic mass is 32.2. The predicted molar refractivity (Wildman–Crippen MR) is 86.9 cm³/mol. The number of hydrogen-bond donors (Lipinski definition) is 2. The Labute approximate surface area is 128 Å². The van der Waals surface area contributed by atoms with Crippen molar-refractivity contribution in [3.8, 4) is 0 Å². The highest BCUT2D eigenvalue weighted by Crippen LogP contribution is 2.17. The minimum absolute atomic E-state index is 0.372. The molecule has 0 bridgehead atoms. The van der Waals surface area contributed by atoms with E-state index < -0.39 is 10.0 Å². The summed E-state index contributed by atoms with van der Waals surface area (Å²) in [5, 5.41) is 3.21. The van der Waals surface area contributed by atoms with Crippen LogP contribution in [0.4, 0.5) is 0 Å². The molecule has 120 valence electrons. The van der Waals surface area contributed by atoms with Gasteiger partial charge in [-0.25, -0.2) is 13.1 Å². The molecule has 0 atom stereocenters. The number of rotatable bonds is 9. The van der Waals surface area contributed by atoms with Crippen LogP contribution in [0.2, 0.25) is 0 Å². The molecule has 0 unspecified atom stereocenters. The third-order valence-electron chi connectivity index (χ3n) is 3.45. The van der Waals surface area contributed by atoms with Gasteiger partial charge < -0.3 is 10.2 Å². The molecule has 1 aromatic rings. The van der Waals surface area contributed by atoms with Gasteiger partial charge in [-0.3, -0.25) is 0 Å². The van der Waals surface area contributed by atoms with Crippen molar-refractivity contribution in [1.82, 2.24) is 14.9 Å². The summed E-state index contributed by atoms with van der Waals surface area (Å²) in [6, 6.07) is 5.57. The molecule has 0 amide bonds. The number of nitrogens with one attached hydrogen (secondary N) is 2. The zero-order valence-corrected chi connectivity index (χ0v) is 14.3. The van der Waals surface area contributed by atoms with Crippen LogP contribution in [0.15, 0.2) is 23.1 Å². The Bertz CT molecular complexity index is 544. The number of sulfonamides is 1. The summed E-state index contributed by atoms with van der Waals surface area (Å²) in [6.07, 6.45) is 0. The fourth-order valence-corrected chi connectivity index (χ4v) is 3.23. The first-order valence-electron chi connectivity index (χ1n) is 7.39. The van der Waals surface area contributed by atoms with Gasteiger partial charge in [0.2, 0.25) is 10.0 Å². The Morgan fingerprint density at radius 2 is 1.95 bits per heavy atom. The van der Waals surface area contributed by atoms with E-state index in [0.29, 0.717) is 24.5 Å². The summed E-state index contributed by atoms with van der Waals surface area (Å²) < 4.78 is 27.5. The molecule has 6 heteroatoms. The third-order valence-corrected chi connectivity index (χ3v) is 5.05. The molecule has 0 heterocycles. The summed E-state index contributed by atoms with van der Waals surface area (Å²) >= 11 is 0. The number of hydrogen-bond acceptors (Lipinski definition) is 4. The molecule has 2 N–H and O–H groups in total. The lowest BCUT2D eigenvalue weighted by Crippen LogP contribution is -2.33. The maximum Gasteiger partial charge on any atom is 0.240 e. The van der Waals surface area contributed by atoms with Crippen molar-refractivity contribution < 1.29 is 8.42 Å². The molecule has 0 aliphatic carbocycles. The second-order valence-electron chi connectivity index (χ2n) is 5.17. The Kier molecular flexibility index (Phi) is 7.31. The molecule has 0 fully saturated rings. The summed E-state index contributed by atoms with van der Waals surface area (Å²) in [7, 11) is -1.48. The van der Waals surface area contributed by atoms with E-state index in [1.54, 1.807) is 6.07 Å². The van der Waals surface area contributed by atoms with Crippen LogP contribution in [-0.4, -0.2) is 46.5 Å². The Morgan fingerprint density at radius 3 is 2.57 bits per heavy atom. The monoisotopic (exact) mass is 313 g/mol. The molecule has 0 aromatic heterocycles. The smallest absolute Gasteiger partial charge is 0.240 e. The van der Waals surface area contributed by atoms with E-state index in [0.717, 1.165) is 24.2 Å². The Balaban J connectivity index is 2.81. The Hall–Kier alpha value is -0.950. The van der Waals surface area contributed by atoms with E-state index in [-0.39, 0.29) is 0 Å². The zero-order valence-electron chi connectivity index (χ0n) is 13.4. The van der Waals surface area contributed by atoms with Crippen LogP contribution >= 0.6 is 0 Å². The lowest BCUT2D eigenvalue weighted by molar-refractivity contribution is 0.358. The molecule has 0 radical (unpaired) electrons. The van der Waals surface area contributed by atoms with E-state index >= 15 is 0 Å². The summed E-state index contributed by atoms with van der Waals surface area (Å²) in [6.45, 7) is 9.45. The van der Waals surface area contributed by atoms with Crippen molar-refractivity contribution in [3.05, 3.63) is 29.3 Å². The van der Waals surface area contributed by atoms with Crippen LogP contribution in [0.25, 0.3) is 0 Å². The SMILES string of the molecule is CCNCc1ccc(C)c(S(=O)(=O)NCCN(C)CC)c1. The van der Waals surface area contributed by atoms with Gasteiger partial charge >= 0.3 is 0 Å². The van der Waals surface area contributed by atoms with E-state index in [4.69, 9.17) is 0 Å². The average Bonchev–Trinajstić information content (AvgIpc) is 2.45. The maximum atomic E-state index is 12.4. The molecule has 0 saturated carbocycles. The number of likely N-dealkylation sites (N-methyl/N-ethyl adjacent to an activating group) is 1. The van der Waals surface area contributed by atoms with E-state index in [1.807, 2.05) is 40.0 Å². The van der Waals surface area contributed by atoms with E-state index in [2.05, 4.69) is 14.9 Å². The number of nitrogens with zero attached hydrogens (tertiary/aromatic N) is 1. The van der Waals surface area contributed by atoms with Gasteiger partial charge in [0.05, 0.1) is 4.90 Å². The van der Waals surface area contributed by atoms with Gasteiger partial charge in [0.15, 0.2) is 0 Å². The van der Waals surface area contributed by atoms with Crippen LogP contribution in [0.5, 0.6) is 0 Å². The maximum absolute atomic E-state index is 12.4. The first kappa shape index (κ1) is 18.1. The summed E-state index contributed by atoms with van der Waals surface area (Å²) in [5.74, 6) is 0. The first-order chi connectivity index (χ1) is 9.90. The largest absolute Gasteiger partial charge is 0.313 e. The minimum Gasteiger partial charge on any atom is -0.313 e. The molecule has 21 heavy (non-hydrogen) atoms. The molecular weight excluding hydrogens is 286 g/mol. The second kappa shape index (κ2) is 8.48. The summed E-state index contributed by atoms with van der Waals surface area (Å²) in [5.41, 5.74) is 1.75. The van der Waals surface area contributed by atoms with Crippen molar-refractivity contribution in [1.29, 1.82) is 0 Å². The van der Waals surface area contributed by atoms with Gasteiger partial charge in [0.1, 0.15) is 0 Å². The first-order valence-corrected chi connectivity index (χ1v) is 8.87. The van der Waals surface area contributed by atoms with Crippen LogP contribution in [0.3, 0.4) is 0 Å². The van der Waals surface area contributed by atoms with Gasteiger partial charge in [-0.1, -0.05) is 26.0 Å². The molecular formula is C15H27N3O2S.